The normalized spacial score (nSPS) is 13.6. The van der Waals surface area contributed by atoms with Gasteiger partial charge in [-0.15, -0.1) is 10.2 Å². The van der Waals surface area contributed by atoms with Crippen LogP contribution in [0, 0.1) is 17.0 Å². The maximum Gasteiger partial charge on any atom is 0.310 e. The van der Waals surface area contributed by atoms with Gasteiger partial charge < -0.3 is 9.64 Å². The summed E-state index contributed by atoms with van der Waals surface area (Å²) in [5.74, 6) is 1.73. The standard InChI is InChI=1S/C21H23N5O3S/c1-16-8-10-17(11-9-16)25-20(24-12-4-5-13-24)22-23-21(25)30-15-14-29-19-7-3-2-6-18(19)26(27)28/h2-3,6-11H,4-5,12-15H2,1H3. The molecule has 2 heterocycles. The Morgan fingerprint density at radius 3 is 2.57 bits per heavy atom. The van der Waals surface area contributed by atoms with Gasteiger partial charge in [0.2, 0.25) is 5.95 Å². The molecule has 0 radical (unpaired) electrons. The molecule has 1 aliphatic heterocycles. The van der Waals surface area contributed by atoms with Crippen LogP contribution in [0.15, 0.2) is 53.7 Å². The van der Waals surface area contributed by atoms with Gasteiger partial charge in [0.05, 0.1) is 17.2 Å². The number of ether oxygens (including phenoxy) is 1. The van der Waals surface area contributed by atoms with E-state index >= 15 is 0 Å². The van der Waals surface area contributed by atoms with Gasteiger partial charge in [0, 0.05) is 24.9 Å². The number of rotatable bonds is 8. The Kier molecular flexibility index (Phi) is 6.18. The van der Waals surface area contributed by atoms with Crippen molar-refractivity contribution in [2.45, 2.75) is 24.9 Å². The van der Waals surface area contributed by atoms with E-state index in [9.17, 15) is 10.1 Å². The Balaban J connectivity index is 1.49. The summed E-state index contributed by atoms with van der Waals surface area (Å²) in [7, 11) is 0. The Hall–Kier alpha value is -3.07. The third-order valence-electron chi connectivity index (χ3n) is 4.93. The minimum Gasteiger partial charge on any atom is -0.486 e. The Morgan fingerprint density at radius 2 is 1.83 bits per heavy atom. The molecule has 1 aromatic heterocycles. The van der Waals surface area contributed by atoms with Crippen LogP contribution in [-0.4, -0.2) is 45.1 Å². The van der Waals surface area contributed by atoms with Gasteiger partial charge in [-0.25, -0.2) is 0 Å². The highest BCUT2D eigenvalue weighted by Gasteiger charge is 2.22. The van der Waals surface area contributed by atoms with Crippen molar-refractivity contribution in [3.63, 3.8) is 0 Å². The minimum atomic E-state index is -0.432. The molecule has 0 N–H and O–H groups in total. The Bertz CT molecular complexity index is 1020. The van der Waals surface area contributed by atoms with Crippen LogP contribution in [0.4, 0.5) is 11.6 Å². The lowest BCUT2D eigenvalue weighted by Crippen LogP contribution is -2.22. The van der Waals surface area contributed by atoms with Gasteiger partial charge in [0.25, 0.3) is 0 Å². The number of hydrogen-bond acceptors (Lipinski definition) is 7. The molecule has 2 aromatic carbocycles. The number of anilines is 1. The fourth-order valence-electron chi connectivity index (χ4n) is 3.41. The molecule has 0 saturated carbocycles. The number of nitro groups is 1. The molecule has 156 valence electrons. The Labute approximate surface area is 179 Å². The van der Waals surface area contributed by atoms with Gasteiger partial charge in [-0.05, 0) is 38.0 Å². The van der Waals surface area contributed by atoms with Gasteiger partial charge in [-0.3, -0.25) is 14.7 Å². The van der Waals surface area contributed by atoms with Crippen molar-refractivity contribution in [1.82, 2.24) is 14.8 Å². The number of nitrogens with zero attached hydrogens (tertiary/aromatic N) is 5. The van der Waals surface area contributed by atoms with Gasteiger partial charge in [0.15, 0.2) is 10.9 Å². The van der Waals surface area contributed by atoms with E-state index in [4.69, 9.17) is 4.74 Å². The lowest BCUT2D eigenvalue weighted by atomic mass is 10.2. The summed E-state index contributed by atoms with van der Waals surface area (Å²) < 4.78 is 7.74. The van der Waals surface area contributed by atoms with Gasteiger partial charge in [0.1, 0.15) is 0 Å². The quantitative estimate of drug-likeness (QED) is 0.231. The SMILES string of the molecule is Cc1ccc(-n2c(SCCOc3ccccc3[N+](=O)[O-])nnc2N2CCCC2)cc1. The first kappa shape index (κ1) is 20.2. The lowest BCUT2D eigenvalue weighted by molar-refractivity contribution is -0.385. The molecule has 0 bridgehead atoms. The molecule has 1 aliphatic rings. The van der Waals surface area contributed by atoms with Crippen LogP contribution in [0.1, 0.15) is 18.4 Å². The third-order valence-corrected chi connectivity index (χ3v) is 5.82. The zero-order chi connectivity index (χ0) is 20.9. The summed E-state index contributed by atoms with van der Waals surface area (Å²) >= 11 is 1.53. The van der Waals surface area contributed by atoms with Crippen molar-refractivity contribution >= 4 is 23.4 Å². The van der Waals surface area contributed by atoms with Crippen molar-refractivity contribution < 1.29 is 9.66 Å². The van der Waals surface area contributed by atoms with E-state index in [1.165, 1.54) is 23.4 Å². The molecule has 4 rings (SSSR count). The fourth-order valence-corrected chi connectivity index (χ4v) is 4.18. The van der Waals surface area contributed by atoms with E-state index in [0.717, 1.165) is 42.7 Å². The molecule has 0 unspecified atom stereocenters. The molecule has 1 fully saturated rings. The molecule has 30 heavy (non-hydrogen) atoms. The molecule has 1 saturated heterocycles. The molecular formula is C21H23N5O3S. The molecule has 3 aromatic rings. The maximum atomic E-state index is 11.1. The average Bonchev–Trinajstić information content (AvgIpc) is 3.42. The minimum absolute atomic E-state index is 0.0263. The number of benzene rings is 2. The molecule has 0 atom stereocenters. The maximum absolute atomic E-state index is 11.1. The predicted octanol–water partition coefficient (Wildman–Crippen LogP) is 4.26. The number of thioether (sulfide) groups is 1. The van der Waals surface area contributed by atoms with Gasteiger partial charge in [-0.2, -0.15) is 0 Å². The van der Waals surface area contributed by atoms with Crippen molar-refractivity contribution in [2.75, 3.05) is 30.3 Å². The number of nitro benzene ring substituents is 1. The molecule has 0 spiro atoms. The second-order valence-corrected chi connectivity index (χ2v) is 8.13. The predicted molar refractivity (Wildman–Crippen MR) is 117 cm³/mol. The molecular weight excluding hydrogens is 402 g/mol. The van der Waals surface area contributed by atoms with Gasteiger partial charge >= 0.3 is 5.69 Å². The van der Waals surface area contributed by atoms with E-state index < -0.39 is 4.92 Å². The van der Waals surface area contributed by atoms with E-state index in [-0.39, 0.29) is 11.4 Å². The monoisotopic (exact) mass is 425 g/mol. The van der Waals surface area contributed by atoms with Crippen LogP contribution in [0.25, 0.3) is 5.69 Å². The van der Waals surface area contributed by atoms with Crippen molar-refractivity contribution in [3.05, 3.63) is 64.2 Å². The number of aromatic nitrogens is 3. The number of aryl methyl sites for hydroxylation is 1. The second kappa shape index (κ2) is 9.17. The largest absolute Gasteiger partial charge is 0.486 e. The third kappa shape index (κ3) is 4.40. The molecule has 0 aliphatic carbocycles. The zero-order valence-electron chi connectivity index (χ0n) is 16.7. The summed E-state index contributed by atoms with van der Waals surface area (Å²) in [5, 5.41) is 20.8. The van der Waals surface area contributed by atoms with Crippen molar-refractivity contribution in [2.24, 2.45) is 0 Å². The van der Waals surface area contributed by atoms with Crippen molar-refractivity contribution in [1.29, 1.82) is 0 Å². The summed E-state index contributed by atoms with van der Waals surface area (Å²) in [5.41, 5.74) is 2.19. The molecule has 8 nitrogen and oxygen atoms in total. The first-order valence-electron chi connectivity index (χ1n) is 9.90. The van der Waals surface area contributed by atoms with E-state index in [1.807, 2.05) is 0 Å². The molecule has 0 amide bonds. The Morgan fingerprint density at radius 1 is 1.10 bits per heavy atom. The number of para-hydroxylation sites is 2. The first-order valence-corrected chi connectivity index (χ1v) is 10.9. The first-order chi connectivity index (χ1) is 14.6. The van der Waals surface area contributed by atoms with E-state index in [2.05, 4.69) is 50.9 Å². The summed E-state index contributed by atoms with van der Waals surface area (Å²) in [6.45, 7) is 4.35. The van der Waals surface area contributed by atoms with Crippen LogP contribution in [0.5, 0.6) is 5.75 Å². The van der Waals surface area contributed by atoms with Crippen LogP contribution in [-0.2, 0) is 0 Å². The van der Waals surface area contributed by atoms with Crippen LogP contribution < -0.4 is 9.64 Å². The fraction of sp³-hybridized carbons (Fsp3) is 0.333. The van der Waals surface area contributed by atoms with Crippen LogP contribution >= 0.6 is 11.8 Å². The van der Waals surface area contributed by atoms with Crippen LogP contribution in [0.2, 0.25) is 0 Å². The highest BCUT2D eigenvalue weighted by atomic mass is 32.2. The molecule has 9 heteroatoms. The summed E-state index contributed by atoms with van der Waals surface area (Å²) in [4.78, 5) is 13.0. The van der Waals surface area contributed by atoms with E-state index in [0.29, 0.717) is 12.4 Å². The highest BCUT2D eigenvalue weighted by molar-refractivity contribution is 7.99. The van der Waals surface area contributed by atoms with Crippen molar-refractivity contribution in [3.8, 4) is 11.4 Å². The van der Waals surface area contributed by atoms with E-state index in [1.54, 1.807) is 18.2 Å². The summed E-state index contributed by atoms with van der Waals surface area (Å²) in [6.07, 6.45) is 2.32. The van der Waals surface area contributed by atoms with Crippen LogP contribution in [0.3, 0.4) is 0 Å². The second-order valence-electron chi connectivity index (χ2n) is 7.07. The topological polar surface area (TPSA) is 86.3 Å². The summed E-state index contributed by atoms with van der Waals surface area (Å²) in [6, 6.07) is 14.7. The lowest BCUT2D eigenvalue weighted by Gasteiger charge is -2.18. The highest BCUT2D eigenvalue weighted by Crippen LogP contribution is 2.30. The average molecular weight is 426 g/mol. The van der Waals surface area contributed by atoms with Gasteiger partial charge in [-0.1, -0.05) is 41.6 Å². The number of hydrogen-bond donors (Lipinski definition) is 0. The zero-order valence-corrected chi connectivity index (χ0v) is 17.5. The smallest absolute Gasteiger partial charge is 0.310 e.